The summed E-state index contributed by atoms with van der Waals surface area (Å²) in [5.74, 6) is -1.87. The topological polar surface area (TPSA) is 56.7 Å². The molecule has 2 aromatic rings. The number of thiazole rings is 1. The molecule has 1 N–H and O–H groups in total. The number of halogens is 2. The Morgan fingerprint density at radius 1 is 1.37 bits per heavy atom. The Labute approximate surface area is 160 Å². The van der Waals surface area contributed by atoms with Crippen molar-refractivity contribution in [3.05, 3.63) is 51.5 Å². The first-order chi connectivity index (χ1) is 12.9. The van der Waals surface area contributed by atoms with Crippen molar-refractivity contribution >= 4 is 17.2 Å². The highest BCUT2D eigenvalue weighted by Gasteiger charge is 2.53. The molecule has 0 unspecified atom stereocenters. The van der Waals surface area contributed by atoms with Crippen LogP contribution in [0.25, 0.3) is 0 Å². The molecule has 0 saturated carbocycles. The molecule has 3 heterocycles. The van der Waals surface area contributed by atoms with Crippen LogP contribution >= 0.6 is 11.3 Å². The number of hydrogen-bond acceptors (Lipinski definition) is 5. The summed E-state index contributed by atoms with van der Waals surface area (Å²) in [6.07, 6.45) is 0. The molecule has 0 radical (unpaired) electrons. The quantitative estimate of drug-likeness (QED) is 0.866. The van der Waals surface area contributed by atoms with E-state index in [0.717, 1.165) is 30.9 Å². The van der Waals surface area contributed by atoms with E-state index in [9.17, 15) is 18.7 Å². The Hall–Kier alpha value is -1.90. The Morgan fingerprint density at radius 3 is 2.81 bits per heavy atom. The lowest BCUT2D eigenvalue weighted by Crippen LogP contribution is -2.39. The molecule has 0 spiro atoms. The van der Waals surface area contributed by atoms with Gasteiger partial charge in [-0.3, -0.25) is 9.69 Å². The van der Waals surface area contributed by atoms with Crippen LogP contribution in [0.4, 0.5) is 8.78 Å². The minimum atomic E-state index is -0.850. The van der Waals surface area contributed by atoms with Crippen molar-refractivity contribution in [2.24, 2.45) is 11.3 Å². The van der Waals surface area contributed by atoms with Crippen molar-refractivity contribution in [3.63, 3.8) is 0 Å². The molecule has 8 heteroatoms. The molecule has 27 heavy (non-hydrogen) atoms. The monoisotopic (exact) mass is 393 g/mol. The maximum atomic E-state index is 14.0. The summed E-state index contributed by atoms with van der Waals surface area (Å²) in [7, 11) is 0. The number of benzene rings is 1. The average molecular weight is 393 g/mol. The van der Waals surface area contributed by atoms with E-state index in [1.807, 2.05) is 12.4 Å². The van der Waals surface area contributed by atoms with Crippen molar-refractivity contribution < 1.29 is 18.7 Å². The highest BCUT2D eigenvalue weighted by molar-refractivity contribution is 7.09. The van der Waals surface area contributed by atoms with Gasteiger partial charge in [-0.2, -0.15) is 0 Å². The minimum absolute atomic E-state index is 0.0223. The zero-order chi connectivity index (χ0) is 19.2. The van der Waals surface area contributed by atoms with Crippen LogP contribution < -0.4 is 0 Å². The molecule has 2 aliphatic heterocycles. The second-order valence-corrected chi connectivity index (χ2v) is 8.50. The highest BCUT2D eigenvalue weighted by atomic mass is 32.1. The standard InChI is InChI=1S/C19H21F2N3O2S/c1-12-17(27-11-22-12)7-23-5-13-6-24(9-19(13,8-23)10-25)18(26)15-3-2-14(20)4-16(15)21/h2-4,11,13,25H,5-10H2,1H3/t13-,19+/m0/s1. The molecule has 144 valence electrons. The number of fused-ring (bicyclic) bond motifs is 1. The fourth-order valence-electron chi connectivity index (χ4n) is 4.30. The van der Waals surface area contributed by atoms with Crippen LogP contribution in [-0.2, 0) is 6.54 Å². The van der Waals surface area contributed by atoms with E-state index < -0.39 is 23.0 Å². The van der Waals surface area contributed by atoms with Crippen LogP contribution in [0.3, 0.4) is 0 Å². The zero-order valence-corrected chi connectivity index (χ0v) is 15.8. The van der Waals surface area contributed by atoms with Gasteiger partial charge < -0.3 is 10.0 Å². The van der Waals surface area contributed by atoms with Crippen LogP contribution in [0.1, 0.15) is 20.9 Å². The summed E-state index contributed by atoms with van der Waals surface area (Å²) in [6, 6.07) is 3.00. The molecule has 0 aliphatic carbocycles. The fraction of sp³-hybridized carbons (Fsp3) is 0.474. The van der Waals surface area contributed by atoms with Crippen LogP contribution in [0, 0.1) is 29.9 Å². The first-order valence-corrected chi connectivity index (χ1v) is 9.76. The number of rotatable bonds is 4. The lowest BCUT2D eigenvalue weighted by Gasteiger charge is -2.27. The molecule has 1 aromatic carbocycles. The fourth-order valence-corrected chi connectivity index (χ4v) is 5.12. The van der Waals surface area contributed by atoms with Crippen molar-refractivity contribution in [1.82, 2.24) is 14.8 Å². The van der Waals surface area contributed by atoms with Crippen LogP contribution in [-0.4, -0.2) is 58.6 Å². The SMILES string of the molecule is Cc1ncsc1CN1C[C@H]2CN(C(=O)c3ccc(F)cc3F)C[C@@]2(CO)C1. The minimum Gasteiger partial charge on any atom is -0.396 e. The van der Waals surface area contributed by atoms with Crippen molar-refractivity contribution in [2.75, 3.05) is 32.8 Å². The molecule has 1 aromatic heterocycles. The first-order valence-electron chi connectivity index (χ1n) is 8.88. The molecule has 2 aliphatic rings. The van der Waals surface area contributed by atoms with Gasteiger partial charge in [-0.1, -0.05) is 0 Å². The smallest absolute Gasteiger partial charge is 0.256 e. The number of aromatic nitrogens is 1. The molecule has 2 atom stereocenters. The summed E-state index contributed by atoms with van der Waals surface area (Å²) in [5.41, 5.74) is 2.34. The van der Waals surface area contributed by atoms with Crippen molar-refractivity contribution in [1.29, 1.82) is 0 Å². The van der Waals surface area contributed by atoms with E-state index in [0.29, 0.717) is 19.6 Å². The second-order valence-electron chi connectivity index (χ2n) is 7.56. The molecular formula is C19H21F2N3O2S. The number of aliphatic hydroxyl groups excluding tert-OH is 1. The number of aliphatic hydroxyl groups is 1. The van der Waals surface area contributed by atoms with Crippen molar-refractivity contribution in [3.8, 4) is 0 Å². The number of carbonyl (C=O) groups excluding carboxylic acids is 1. The van der Waals surface area contributed by atoms with Gasteiger partial charge in [0.1, 0.15) is 11.6 Å². The lowest BCUT2D eigenvalue weighted by molar-refractivity contribution is 0.0714. The maximum absolute atomic E-state index is 14.0. The zero-order valence-electron chi connectivity index (χ0n) is 15.0. The van der Waals surface area contributed by atoms with Gasteiger partial charge in [0.05, 0.1) is 23.4 Å². The second kappa shape index (κ2) is 6.92. The summed E-state index contributed by atoms with van der Waals surface area (Å²) >= 11 is 1.62. The number of amides is 1. The molecule has 0 bridgehead atoms. The lowest BCUT2D eigenvalue weighted by atomic mass is 9.82. The third kappa shape index (κ3) is 3.26. The third-order valence-electron chi connectivity index (χ3n) is 5.81. The summed E-state index contributed by atoms with van der Waals surface area (Å²) < 4.78 is 27.1. The molecule has 2 saturated heterocycles. The van der Waals surface area contributed by atoms with Crippen LogP contribution in [0.5, 0.6) is 0 Å². The predicted octanol–water partition coefficient (Wildman–Crippen LogP) is 2.30. The number of hydrogen-bond donors (Lipinski definition) is 1. The average Bonchev–Trinajstić information content (AvgIpc) is 3.27. The van der Waals surface area contributed by atoms with Gasteiger partial charge in [-0.15, -0.1) is 11.3 Å². The normalized spacial score (nSPS) is 25.2. The number of nitrogens with zero attached hydrogens (tertiary/aromatic N) is 3. The summed E-state index contributed by atoms with van der Waals surface area (Å²) in [5, 5.41) is 10.1. The van der Waals surface area contributed by atoms with Crippen LogP contribution in [0.2, 0.25) is 0 Å². The van der Waals surface area contributed by atoms with E-state index in [1.165, 1.54) is 10.9 Å². The molecule has 1 amide bonds. The van der Waals surface area contributed by atoms with Gasteiger partial charge in [0.15, 0.2) is 0 Å². The van der Waals surface area contributed by atoms with E-state index >= 15 is 0 Å². The van der Waals surface area contributed by atoms with Crippen molar-refractivity contribution in [2.45, 2.75) is 13.5 Å². The number of likely N-dealkylation sites (tertiary alicyclic amines) is 2. The largest absolute Gasteiger partial charge is 0.396 e. The number of aryl methyl sites for hydroxylation is 1. The molecule has 4 rings (SSSR count). The highest BCUT2D eigenvalue weighted by Crippen LogP contribution is 2.43. The van der Waals surface area contributed by atoms with Gasteiger partial charge in [0.25, 0.3) is 5.91 Å². The maximum Gasteiger partial charge on any atom is 0.256 e. The molecule has 2 fully saturated rings. The third-order valence-corrected chi connectivity index (χ3v) is 6.73. The van der Waals surface area contributed by atoms with E-state index in [-0.39, 0.29) is 18.1 Å². The first kappa shape index (κ1) is 18.5. The van der Waals surface area contributed by atoms with E-state index in [2.05, 4.69) is 9.88 Å². The summed E-state index contributed by atoms with van der Waals surface area (Å²) in [4.78, 5) is 22.1. The molecule has 5 nitrogen and oxygen atoms in total. The number of carbonyl (C=O) groups is 1. The van der Waals surface area contributed by atoms with Gasteiger partial charge in [-0.25, -0.2) is 13.8 Å². The Kier molecular flexibility index (Phi) is 4.73. The summed E-state index contributed by atoms with van der Waals surface area (Å²) in [6.45, 7) is 5.05. The Balaban J connectivity index is 1.48. The van der Waals surface area contributed by atoms with Gasteiger partial charge >= 0.3 is 0 Å². The van der Waals surface area contributed by atoms with Crippen LogP contribution in [0.15, 0.2) is 23.7 Å². The Bertz CT molecular complexity index is 874. The predicted molar refractivity (Wildman–Crippen MR) is 97.4 cm³/mol. The van der Waals surface area contributed by atoms with E-state index in [4.69, 9.17) is 0 Å². The van der Waals surface area contributed by atoms with E-state index in [1.54, 1.807) is 16.2 Å². The Morgan fingerprint density at radius 2 is 2.19 bits per heavy atom. The van der Waals surface area contributed by atoms with Gasteiger partial charge in [-0.05, 0) is 25.0 Å². The van der Waals surface area contributed by atoms with Gasteiger partial charge in [0.2, 0.25) is 0 Å². The molecular weight excluding hydrogens is 372 g/mol. The van der Waals surface area contributed by atoms with Gasteiger partial charge in [0, 0.05) is 49.1 Å².